The molecule has 10 atom stereocenters. The van der Waals surface area contributed by atoms with Gasteiger partial charge < -0.3 is 87.0 Å². The molecule has 0 fully saturated rings. The SMILES string of the molecule is CC[C@H](C)[C@H](NC(=O)C(C)(C)N(C)C)C(=O)N(C)[C@H](C[C@@H](OC(C)=O)c1nc(C(=O)N[C@@H](Cc2ccc3c(c2)NC(=O)C(C)NC(=O)C(C(C)C)NC(=O)CCOCCNC(=O)C(NC(=O)/C=C\C(=O)O)C(NC(=O)/C=C\C(=O)O)C(=O)NCCOCCC(=O)O3)CC(C)C(=O)O)cs1)C(C)C. The van der Waals surface area contributed by atoms with E-state index in [1.165, 1.54) is 49.3 Å². The molecule has 102 heavy (non-hydrogen) atoms. The van der Waals surface area contributed by atoms with Gasteiger partial charge in [-0.15, -0.1) is 11.3 Å². The third-order valence-corrected chi connectivity index (χ3v) is 17.5. The summed E-state index contributed by atoms with van der Waals surface area (Å²) in [4.78, 5) is 205. The predicted octanol–water partition coefficient (Wildman–Crippen LogP) is 0.743. The van der Waals surface area contributed by atoms with E-state index in [1.54, 1.807) is 53.7 Å². The highest BCUT2D eigenvalue weighted by Gasteiger charge is 2.40. The van der Waals surface area contributed by atoms with Crippen molar-refractivity contribution in [3.63, 3.8) is 0 Å². The second-order valence-electron chi connectivity index (χ2n) is 25.7. The van der Waals surface area contributed by atoms with E-state index < -0.39 is 149 Å². The monoisotopic (exact) mass is 1450 g/mol. The number of nitrogens with one attached hydrogen (secondary N) is 9. The summed E-state index contributed by atoms with van der Waals surface area (Å²) in [5.41, 5.74) is -0.877. The standard InChI is InChI=1S/C67H98N12O22S/c1-15-37(6)55(77-66(97)67(10,11)78(12)13)64(94)79(14)45(35(2)3)33-47(100-40(9)80)63-73-44(34-102-63)59(90)71-42(30-38(7)65(95)96)31-41-16-17-46-43(32-41)72-58(89)39(8)70-62(93)54(36(4)5)74-50(83)22-26-98-28-24-68-60(91)56(75-48(81)18-20-51(84)85)57(76-49(82)19-21-52(86)87)61(92)69-25-29-99-27-23-53(88)101-46/h16-21,32,34-39,42,45,47,54-57H,15,22-31,33H2,1-14H3,(H,68,91)(H,69,92)(H,70,93)(H,71,90)(H,72,89)(H,74,83)(H,75,81)(H,76,82)(H,77,97)(H,84,85)(H,86,87)(H,95,96)/b20-18-,21-19-/t37-,38?,39?,42+,45+,47+,54?,55-,56?,57?/m0/s1. The number of carboxylic acid groups (broad SMARTS) is 3. The summed E-state index contributed by atoms with van der Waals surface area (Å²) in [6.45, 7) is 16.2. The molecule has 5 unspecified atom stereocenters. The Morgan fingerprint density at radius 1 is 0.755 bits per heavy atom. The van der Waals surface area contributed by atoms with Crippen LogP contribution in [0.2, 0.25) is 0 Å². The predicted molar refractivity (Wildman–Crippen MR) is 368 cm³/mol. The van der Waals surface area contributed by atoms with E-state index >= 15 is 0 Å². The van der Waals surface area contributed by atoms with Gasteiger partial charge >= 0.3 is 29.8 Å². The van der Waals surface area contributed by atoms with Gasteiger partial charge in [0.25, 0.3) is 5.91 Å². The van der Waals surface area contributed by atoms with Crippen LogP contribution in [-0.2, 0) is 87.8 Å². The number of ether oxygens (including phenoxy) is 4. The van der Waals surface area contributed by atoms with Crippen LogP contribution in [0, 0.1) is 23.7 Å². The van der Waals surface area contributed by atoms with Gasteiger partial charge in [0.05, 0.1) is 50.0 Å². The molecule has 564 valence electrons. The van der Waals surface area contributed by atoms with Crippen LogP contribution in [0.1, 0.15) is 135 Å². The Labute approximate surface area is 595 Å². The minimum atomic E-state index is -2.02. The van der Waals surface area contributed by atoms with E-state index in [0.717, 1.165) is 11.3 Å². The molecular weight excluding hydrogens is 1360 g/mol. The molecule has 0 saturated heterocycles. The first-order chi connectivity index (χ1) is 47.8. The third-order valence-electron chi connectivity index (χ3n) is 16.5. The molecule has 12 N–H and O–H groups in total. The molecule has 2 aromatic rings. The highest BCUT2D eigenvalue weighted by molar-refractivity contribution is 7.09. The number of carbonyl (C=O) groups excluding carboxylic acids is 12. The number of aliphatic carboxylic acids is 3. The Hall–Kier alpha value is -9.74. The zero-order valence-electron chi connectivity index (χ0n) is 59.9. The Morgan fingerprint density at radius 2 is 1.32 bits per heavy atom. The van der Waals surface area contributed by atoms with Crippen molar-refractivity contribution in [2.45, 2.75) is 169 Å². The van der Waals surface area contributed by atoms with Gasteiger partial charge in [0, 0.05) is 81.7 Å². The minimum absolute atomic E-state index is 0.0363. The lowest BCUT2D eigenvalue weighted by atomic mass is 9.92. The number of aromatic nitrogens is 1. The zero-order valence-corrected chi connectivity index (χ0v) is 60.7. The number of carbonyl (C=O) groups is 15. The lowest BCUT2D eigenvalue weighted by molar-refractivity contribution is -0.149. The topological polar surface area (TPSA) is 481 Å². The number of hydrogen-bond donors (Lipinski definition) is 12. The number of likely N-dealkylation sites (N-methyl/N-ethyl adjacent to an activating group) is 2. The van der Waals surface area contributed by atoms with Crippen molar-refractivity contribution in [3.8, 4) is 5.75 Å². The quantitative estimate of drug-likeness (QED) is 0.0351. The number of rotatable bonds is 26. The smallest absolute Gasteiger partial charge is 0.328 e. The van der Waals surface area contributed by atoms with Crippen LogP contribution >= 0.6 is 11.3 Å². The van der Waals surface area contributed by atoms with Crippen molar-refractivity contribution in [2.75, 3.05) is 66.0 Å². The number of hydrogen-bond acceptors (Lipinski definition) is 22. The molecule has 0 spiro atoms. The Morgan fingerprint density at radius 3 is 1.83 bits per heavy atom. The maximum Gasteiger partial charge on any atom is 0.328 e. The van der Waals surface area contributed by atoms with Gasteiger partial charge in [-0.05, 0) is 83.2 Å². The molecule has 0 aliphatic carbocycles. The summed E-state index contributed by atoms with van der Waals surface area (Å²) in [6, 6.07) is -4.87. The van der Waals surface area contributed by atoms with Crippen LogP contribution in [0.25, 0.3) is 0 Å². The van der Waals surface area contributed by atoms with Gasteiger partial charge in [-0.25, -0.2) is 14.6 Å². The molecule has 1 aliphatic rings. The number of esters is 2. The Bertz CT molecular complexity index is 3390. The fraction of sp³-hybridized carbons (Fsp3) is 0.582. The second-order valence-corrected chi connectivity index (χ2v) is 26.6. The minimum Gasteiger partial charge on any atom is -0.481 e. The summed E-state index contributed by atoms with van der Waals surface area (Å²) in [6.07, 6.45) is 0.326. The van der Waals surface area contributed by atoms with Gasteiger partial charge in [-0.3, -0.25) is 67.2 Å². The summed E-state index contributed by atoms with van der Waals surface area (Å²) in [7, 11) is 5.13. The van der Waals surface area contributed by atoms with Crippen LogP contribution in [0.4, 0.5) is 5.69 Å². The fourth-order valence-corrected chi connectivity index (χ4v) is 10.7. The zero-order chi connectivity index (χ0) is 76.9. The van der Waals surface area contributed by atoms with Crippen molar-refractivity contribution < 1.29 is 106 Å². The molecule has 1 aliphatic heterocycles. The number of benzene rings is 1. The number of fused-ring (bicyclic) bond motifs is 1. The average molecular weight is 1460 g/mol. The van der Waals surface area contributed by atoms with Gasteiger partial charge in [0.15, 0.2) is 11.9 Å². The summed E-state index contributed by atoms with van der Waals surface area (Å²) in [5, 5.41) is 52.6. The summed E-state index contributed by atoms with van der Waals surface area (Å²) >= 11 is 1.00. The van der Waals surface area contributed by atoms with Crippen LogP contribution < -0.4 is 52.6 Å². The summed E-state index contributed by atoms with van der Waals surface area (Å²) in [5.74, 6) is -16.7. The second kappa shape index (κ2) is 41.9. The lowest BCUT2D eigenvalue weighted by Crippen LogP contribution is -2.63. The van der Waals surface area contributed by atoms with Crippen molar-refractivity contribution in [1.82, 2.24) is 57.3 Å². The first kappa shape index (κ1) is 86.5. The number of carboxylic acids is 3. The molecule has 0 bridgehead atoms. The fourth-order valence-electron chi connectivity index (χ4n) is 9.88. The molecule has 0 saturated carbocycles. The Kier molecular flexibility index (Phi) is 35.5. The van der Waals surface area contributed by atoms with Crippen LogP contribution in [0.15, 0.2) is 47.9 Å². The lowest BCUT2D eigenvalue weighted by Gasteiger charge is -2.38. The molecule has 1 aromatic carbocycles. The Balaban J connectivity index is 2.04. The van der Waals surface area contributed by atoms with Gasteiger partial charge in [-0.2, -0.15) is 0 Å². The highest BCUT2D eigenvalue weighted by atomic mass is 32.1. The average Bonchev–Trinajstić information content (AvgIpc) is 1.38. The summed E-state index contributed by atoms with van der Waals surface area (Å²) < 4.78 is 22.6. The van der Waals surface area contributed by atoms with Crippen molar-refractivity contribution >= 4 is 106 Å². The molecule has 35 heteroatoms. The van der Waals surface area contributed by atoms with Crippen molar-refractivity contribution in [1.29, 1.82) is 0 Å². The maximum atomic E-state index is 14.4. The van der Waals surface area contributed by atoms with E-state index in [4.69, 9.17) is 29.2 Å². The van der Waals surface area contributed by atoms with E-state index in [0.29, 0.717) is 36.3 Å². The number of amides is 10. The van der Waals surface area contributed by atoms with Crippen LogP contribution in [0.3, 0.4) is 0 Å². The molecule has 10 amide bonds. The number of nitrogens with zero attached hydrogens (tertiary/aromatic N) is 3. The maximum absolute atomic E-state index is 14.4. The van der Waals surface area contributed by atoms with Crippen molar-refractivity contribution in [3.05, 3.63) is 64.1 Å². The number of thiazole rings is 1. The van der Waals surface area contributed by atoms with Crippen molar-refractivity contribution in [2.24, 2.45) is 23.7 Å². The molecule has 2 heterocycles. The molecule has 34 nitrogen and oxygen atoms in total. The third kappa shape index (κ3) is 28.7. The first-order valence-corrected chi connectivity index (χ1v) is 33.9. The van der Waals surface area contributed by atoms with E-state index in [9.17, 15) is 77.0 Å². The van der Waals surface area contributed by atoms with Crippen LogP contribution in [0.5, 0.6) is 5.75 Å². The van der Waals surface area contributed by atoms with Gasteiger partial charge in [0.1, 0.15) is 40.9 Å². The molecule has 1 aromatic heterocycles. The van der Waals surface area contributed by atoms with Gasteiger partial charge in [-0.1, -0.05) is 61.0 Å². The highest BCUT2D eigenvalue weighted by Crippen LogP contribution is 2.32. The first-order valence-electron chi connectivity index (χ1n) is 33.1. The number of anilines is 1. The molecule has 3 rings (SSSR count). The van der Waals surface area contributed by atoms with E-state index in [2.05, 4.69) is 52.8 Å². The van der Waals surface area contributed by atoms with Crippen LogP contribution in [-0.4, -0.2) is 228 Å². The largest absolute Gasteiger partial charge is 0.481 e. The molecular formula is C67H98N12O22S. The normalized spacial score (nSPS) is 19.5. The van der Waals surface area contributed by atoms with Gasteiger partial charge in [0.2, 0.25) is 53.2 Å². The van der Waals surface area contributed by atoms with E-state index in [-0.39, 0.29) is 111 Å². The van der Waals surface area contributed by atoms with E-state index in [1.807, 2.05) is 27.7 Å². The molecule has 0 radical (unpaired) electrons.